The first-order chi connectivity index (χ1) is 13.2. The number of ether oxygens (including phenoxy) is 3. The zero-order valence-electron chi connectivity index (χ0n) is 17.2. The van der Waals surface area contributed by atoms with Crippen molar-refractivity contribution in [3.05, 3.63) is 23.8 Å². The molecule has 1 fully saturated rings. The highest BCUT2D eigenvalue weighted by atomic mass is 16.6. The number of fused-ring (bicyclic) bond motifs is 1. The summed E-state index contributed by atoms with van der Waals surface area (Å²) < 4.78 is 16.5. The molecular formula is C21H30N2O5. The first kappa shape index (κ1) is 20.3. The molecule has 154 valence electrons. The number of carbonyl (C=O) groups excluding carboxylic acids is 2. The van der Waals surface area contributed by atoms with Crippen LogP contribution in [0.4, 0.5) is 4.79 Å². The molecule has 1 saturated heterocycles. The third kappa shape index (κ3) is 5.09. The van der Waals surface area contributed by atoms with Gasteiger partial charge in [0.15, 0.2) is 11.5 Å². The predicted molar refractivity (Wildman–Crippen MR) is 105 cm³/mol. The first-order valence-corrected chi connectivity index (χ1v) is 9.86. The maximum absolute atomic E-state index is 12.8. The molecule has 0 aliphatic carbocycles. The van der Waals surface area contributed by atoms with Crippen molar-refractivity contribution in [1.82, 2.24) is 9.80 Å². The van der Waals surface area contributed by atoms with Gasteiger partial charge in [-0.25, -0.2) is 4.79 Å². The summed E-state index contributed by atoms with van der Waals surface area (Å²) >= 11 is 0. The lowest BCUT2D eigenvalue weighted by Gasteiger charge is -2.34. The Bertz CT molecular complexity index is 720. The summed E-state index contributed by atoms with van der Waals surface area (Å²) in [5, 5.41) is 0. The van der Waals surface area contributed by atoms with Crippen LogP contribution in [0.15, 0.2) is 18.2 Å². The molecule has 1 aromatic rings. The smallest absolute Gasteiger partial charge is 0.410 e. The molecule has 0 saturated carbocycles. The van der Waals surface area contributed by atoms with Gasteiger partial charge >= 0.3 is 6.09 Å². The minimum atomic E-state index is -0.482. The van der Waals surface area contributed by atoms with E-state index in [1.807, 2.05) is 27.8 Å². The van der Waals surface area contributed by atoms with Gasteiger partial charge in [-0.1, -0.05) is 0 Å². The summed E-state index contributed by atoms with van der Waals surface area (Å²) in [6, 6.07) is 5.31. The normalized spacial score (nSPS) is 17.2. The van der Waals surface area contributed by atoms with Crippen LogP contribution >= 0.6 is 0 Å². The highest BCUT2D eigenvalue weighted by Crippen LogP contribution is 2.31. The number of benzene rings is 1. The molecular weight excluding hydrogens is 360 g/mol. The number of hydrogen-bond donors (Lipinski definition) is 0. The SMILES string of the molecule is CN(CC1CCN(C(=O)OC(C)(C)C)CC1)C(=O)c1ccc2c(c1)OCCO2. The van der Waals surface area contributed by atoms with Gasteiger partial charge in [0.25, 0.3) is 5.91 Å². The molecule has 0 N–H and O–H groups in total. The average molecular weight is 390 g/mol. The number of nitrogens with zero attached hydrogens (tertiary/aromatic N) is 2. The Hall–Kier alpha value is -2.44. The predicted octanol–water partition coefficient (Wildman–Crippen LogP) is 3.18. The molecule has 7 heteroatoms. The Labute approximate surface area is 166 Å². The molecule has 2 amide bonds. The Balaban J connectivity index is 1.51. The second-order valence-electron chi connectivity index (χ2n) is 8.45. The highest BCUT2D eigenvalue weighted by Gasteiger charge is 2.28. The molecule has 28 heavy (non-hydrogen) atoms. The van der Waals surface area contributed by atoms with Gasteiger partial charge in [0.2, 0.25) is 0 Å². The van der Waals surface area contributed by atoms with Gasteiger partial charge < -0.3 is 24.0 Å². The van der Waals surface area contributed by atoms with Crippen LogP contribution in [0.2, 0.25) is 0 Å². The van der Waals surface area contributed by atoms with Crippen LogP contribution in [0.25, 0.3) is 0 Å². The second kappa shape index (κ2) is 8.29. The van der Waals surface area contributed by atoms with E-state index in [4.69, 9.17) is 14.2 Å². The van der Waals surface area contributed by atoms with Crippen LogP contribution < -0.4 is 9.47 Å². The lowest BCUT2D eigenvalue weighted by atomic mass is 9.96. The molecule has 0 bridgehead atoms. The number of rotatable bonds is 3. The third-order valence-electron chi connectivity index (χ3n) is 4.93. The molecule has 2 aliphatic rings. The lowest BCUT2D eigenvalue weighted by Crippen LogP contribution is -2.44. The summed E-state index contributed by atoms with van der Waals surface area (Å²) in [6.07, 6.45) is 1.46. The van der Waals surface area contributed by atoms with Gasteiger partial charge in [0, 0.05) is 32.2 Å². The van der Waals surface area contributed by atoms with E-state index in [2.05, 4.69) is 0 Å². The maximum atomic E-state index is 12.8. The quantitative estimate of drug-likeness (QED) is 0.793. The standard InChI is InChI=1S/C21H30N2O5/c1-21(2,3)28-20(25)23-9-7-15(8-10-23)14-22(4)19(24)16-5-6-17-18(13-16)27-12-11-26-17/h5-6,13,15H,7-12,14H2,1-4H3. The largest absolute Gasteiger partial charge is 0.486 e. The fourth-order valence-electron chi connectivity index (χ4n) is 3.49. The van der Waals surface area contributed by atoms with Gasteiger partial charge in [-0.05, 0) is 57.7 Å². The topological polar surface area (TPSA) is 68.3 Å². The van der Waals surface area contributed by atoms with Crippen molar-refractivity contribution in [1.29, 1.82) is 0 Å². The molecule has 2 aliphatic heterocycles. The first-order valence-electron chi connectivity index (χ1n) is 9.86. The Morgan fingerprint density at radius 3 is 2.43 bits per heavy atom. The van der Waals surface area contributed by atoms with E-state index in [9.17, 15) is 9.59 Å². The Morgan fingerprint density at radius 2 is 1.79 bits per heavy atom. The van der Waals surface area contributed by atoms with E-state index in [1.165, 1.54) is 0 Å². The number of piperidine rings is 1. The molecule has 0 unspecified atom stereocenters. The zero-order valence-corrected chi connectivity index (χ0v) is 17.2. The third-order valence-corrected chi connectivity index (χ3v) is 4.93. The van der Waals surface area contributed by atoms with Crippen molar-refractivity contribution >= 4 is 12.0 Å². The molecule has 0 radical (unpaired) electrons. The summed E-state index contributed by atoms with van der Waals surface area (Å²) in [4.78, 5) is 28.5. The summed E-state index contributed by atoms with van der Waals surface area (Å²) in [5.41, 5.74) is 0.113. The Kier molecular flexibility index (Phi) is 6.01. The molecule has 7 nitrogen and oxygen atoms in total. The molecule has 1 aromatic carbocycles. The van der Waals surface area contributed by atoms with E-state index >= 15 is 0 Å². The number of carbonyl (C=O) groups is 2. The van der Waals surface area contributed by atoms with E-state index < -0.39 is 5.60 Å². The summed E-state index contributed by atoms with van der Waals surface area (Å²) in [6.45, 7) is 8.62. The highest BCUT2D eigenvalue weighted by molar-refractivity contribution is 5.94. The van der Waals surface area contributed by atoms with Crippen molar-refractivity contribution in [3.63, 3.8) is 0 Å². The van der Waals surface area contributed by atoms with Crippen LogP contribution in [-0.4, -0.2) is 67.3 Å². The van der Waals surface area contributed by atoms with Crippen LogP contribution in [0.1, 0.15) is 44.0 Å². The van der Waals surface area contributed by atoms with Crippen LogP contribution in [-0.2, 0) is 4.74 Å². The van der Waals surface area contributed by atoms with Gasteiger partial charge in [0.1, 0.15) is 18.8 Å². The fourth-order valence-corrected chi connectivity index (χ4v) is 3.49. The molecule has 0 spiro atoms. The van der Waals surface area contributed by atoms with Gasteiger partial charge in [-0.3, -0.25) is 4.79 Å². The molecule has 0 aromatic heterocycles. The van der Waals surface area contributed by atoms with Gasteiger partial charge in [-0.15, -0.1) is 0 Å². The van der Waals surface area contributed by atoms with E-state index in [0.29, 0.717) is 55.8 Å². The number of hydrogen-bond acceptors (Lipinski definition) is 5. The van der Waals surface area contributed by atoms with Crippen molar-refractivity contribution < 1.29 is 23.8 Å². The number of likely N-dealkylation sites (tertiary alicyclic amines) is 1. The Morgan fingerprint density at radius 1 is 1.14 bits per heavy atom. The van der Waals surface area contributed by atoms with Crippen molar-refractivity contribution in [2.24, 2.45) is 5.92 Å². The van der Waals surface area contributed by atoms with Crippen molar-refractivity contribution in [2.45, 2.75) is 39.2 Å². The average Bonchev–Trinajstić information content (AvgIpc) is 2.66. The second-order valence-corrected chi connectivity index (χ2v) is 8.45. The molecule has 2 heterocycles. The van der Waals surface area contributed by atoms with Gasteiger partial charge in [0.05, 0.1) is 0 Å². The minimum Gasteiger partial charge on any atom is -0.486 e. The molecule has 0 atom stereocenters. The van der Waals surface area contributed by atoms with Crippen LogP contribution in [0.3, 0.4) is 0 Å². The summed E-state index contributed by atoms with van der Waals surface area (Å²) in [7, 11) is 1.82. The maximum Gasteiger partial charge on any atom is 0.410 e. The number of amides is 2. The molecule has 3 rings (SSSR count). The zero-order chi connectivity index (χ0) is 20.3. The van der Waals surface area contributed by atoms with Crippen LogP contribution in [0, 0.1) is 5.92 Å². The van der Waals surface area contributed by atoms with Crippen molar-refractivity contribution in [2.75, 3.05) is 39.9 Å². The fraction of sp³-hybridized carbons (Fsp3) is 0.619. The van der Waals surface area contributed by atoms with E-state index in [-0.39, 0.29) is 12.0 Å². The lowest BCUT2D eigenvalue weighted by molar-refractivity contribution is 0.0171. The monoisotopic (exact) mass is 390 g/mol. The van der Waals surface area contributed by atoms with Gasteiger partial charge in [-0.2, -0.15) is 0 Å². The van der Waals surface area contributed by atoms with E-state index in [0.717, 1.165) is 12.8 Å². The van der Waals surface area contributed by atoms with Crippen LogP contribution in [0.5, 0.6) is 11.5 Å². The minimum absolute atomic E-state index is 0.0356. The van der Waals surface area contributed by atoms with E-state index in [1.54, 1.807) is 28.0 Å². The van der Waals surface area contributed by atoms with Crippen molar-refractivity contribution in [3.8, 4) is 11.5 Å². The summed E-state index contributed by atoms with van der Waals surface area (Å²) in [5.74, 6) is 1.63.